The first kappa shape index (κ1) is 33.3. The molecule has 0 N–H and O–H groups in total. The van der Waals surface area contributed by atoms with Crippen molar-refractivity contribution in [1.29, 1.82) is 0 Å². The van der Waals surface area contributed by atoms with Crippen LogP contribution in [0, 0.1) is 0 Å². The van der Waals surface area contributed by atoms with Crippen LogP contribution in [0.3, 0.4) is 0 Å². The van der Waals surface area contributed by atoms with Crippen LogP contribution in [-0.4, -0.2) is 6.21 Å². The van der Waals surface area contributed by atoms with Gasteiger partial charge in [0.15, 0.2) is 0 Å². The van der Waals surface area contributed by atoms with Gasteiger partial charge in [-0.15, -0.1) is 0 Å². The maximum atomic E-state index is 4.71. The molecule has 1 heteroatoms. The molecule has 7 aromatic carbocycles. The lowest BCUT2D eigenvalue weighted by Gasteiger charge is -2.24. The van der Waals surface area contributed by atoms with E-state index < -0.39 is 0 Å². The lowest BCUT2D eigenvalue weighted by atomic mass is 9.79. The number of rotatable bonds is 4. The number of allylic oxidation sites excluding steroid dienone is 1. The van der Waals surface area contributed by atoms with Crippen LogP contribution >= 0.6 is 0 Å². The third kappa shape index (κ3) is 4.58. The highest BCUT2D eigenvalue weighted by molar-refractivity contribution is 5.90. The fraction of sp³-hybridized carbons (Fsp3) is 0.182. The molecule has 11 rings (SSSR count). The molecule has 1 atom stereocenters. The summed E-state index contributed by atoms with van der Waals surface area (Å²) in [6.45, 7) is 14.3. The van der Waals surface area contributed by atoms with Crippen LogP contribution in [0.4, 0.5) is 0 Å². The summed E-state index contributed by atoms with van der Waals surface area (Å²) in [5, 5.41) is 0. The van der Waals surface area contributed by atoms with Gasteiger partial charge in [0.25, 0.3) is 0 Å². The highest BCUT2D eigenvalue weighted by atomic mass is 14.8. The van der Waals surface area contributed by atoms with Gasteiger partial charge in [-0.05, 0) is 142 Å². The van der Waals surface area contributed by atoms with Gasteiger partial charge in [0.1, 0.15) is 0 Å². The zero-order valence-corrected chi connectivity index (χ0v) is 33.0. The van der Waals surface area contributed by atoms with Crippen molar-refractivity contribution in [1.82, 2.24) is 0 Å². The highest BCUT2D eigenvalue weighted by Gasteiger charge is 2.39. The SMILES string of the molecule is CC1(C)c2ccccc2-c2ccc(-c3ccc4c(c3)C(C)(C)c3cc(-c5ccc6c(c5)C(C)(C)c5cc(-c7ccccc7C7C=CC=N7)ccc5-6)ccc3-4)cc21. The fourth-order valence-electron chi connectivity index (χ4n) is 10.6. The molecule has 0 amide bonds. The molecule has 1 nitrogen and oxygen atoms in total. The van der Waals surface area contributed by atoms with Crippen molar-refractivity contribution >= 4 is 6.21 Å². The Hall–Kier alpha value is -6.05. The second kappa shape index (κ2) is 11.5. The van der Waals surface area contributed by atoms with Gasteiger partial charge in [0.2, 0.25) is 0 Å². The molecular formula is C55H45N. The maximum absolute atomic E-state index is 4.71. The first-order valence-corrected chi connectivity index (χ1v) is 20.1. The molecule has 270 valence electrons. The van der Waals surface area contributed by atoms with E-state index in [4.69, 9.17) is 4.99 Å². The normalized spacial score (nSPS) is 17.9. The molecule has 56 heavy (non-hydrogen) atoms. The summed E-state index contributed by atoms with van der Waals surface area (Å²) in [5.41, 5.74) is 25.2. The van der Waals surface area contributed by atoms with E-state index >= 15 is 0 Å². The van der Waals surface area contributed by atoms with Crippen LogP contribution in [0.5, 0.6) is 0 Å². The fourth-order valence-corrected chi connectivity index (χ4v) is 10.6. The van der Waals surface area contributed by atoms with Crippen LogP contribution in [0.15, 0.2) is 157 Å². The van der Waals surface area contributed by atoms with Gasteiger partial charge in [-0.3, -0.25) is 4.99 Å². The Morgan fingerprint density at radius 2 is 0.714 bits per heavy atom. The van der Waals surface area contributed by atoms with E-state index in [0.717, 1.165) is 0 Å². The van der Waals surface area contributed by atoms with E-state index in [9.17, 15) is 0 Å². The minimum atomic E-state index is -0.130. The molecule has 0 saturated heterocycles. The van der Waals surface area contributed by atoms with E-state index in [2.05, 4.69) is 187 Å². The summed E-state index contributed by atoms with van der Waals surface area (Å²) in [4.78, 5) is 4.71. The molecule has 0 fully saturated rings. The van der Waals surface area contributed by atoms with Crippen molar-refractivity contribution in [2.45, 2.75) is 63.8 Å². The van der Waals surface area contributed by atoms with Gasteiger partial charge in [0.05, 0.1) is 6.04 Å². The molecule has 1 aliphatic heterocycles. The van der Waals surface area contributed by atoms with Gasteiger partial charge < -0.3 is 0 Å². The van der Waals surface area contributed by atoms with E-state index in [1.807, 2.05) is 12.3 Å². The summed E-state index contributed by atoms with van der Waals surface area (Å²) < 4.78 is 0. The summed E-state index contributed by atoms with van der Waals surface area (Å²) >= 11 is 0. The Balaban J connectivity index is 0.925. The van der Waals surface area contributed by atoms with Gasteiger partial charge in [-0.2, -0.15) is 0 Å². The maximum Gasteiger partial charge on any atom is 0.0939 e. The monoisotopic (exact) mass is 719 g/mol. The van der Waals surface area contributed by atoms with Crippen LogP contribution in [0.25, 0.3) is 66.8 Å². The predicted octanol–water partition coefficient (Wildman–Crippen LogP) is 14.3. The second-order valence-electron chi connectivity index (χ2n) is 17.9. The largest absolute Gasteiger partial charge is 0.281 e. The van der Waals surface area contributed by atoms with E-state index in [-0.39, 0.29) is 22.3 Å². The Bertz CT molecular complexity index is 2880. The molecule has 0 aromatic heterocycles. The summed E-state index contributed by atoms with van der Waals surface area (Å²) in [6, 6.07) is 53.4. The molecule has 1 heterocycles. The molecule has 0 radical (unpaired) electrons. The Morgan fingerprint density at radius 1 is 0.357 bits per heavy atom. The van der Waals surface area contributed by atoms with Gasteiger partial charge in [0, 0.05) is 22.5 Å². The molecule has 3 aliphatic carbocycles. The van der Waals surface area contributed by atoms with Crippen molar-refractivity contribution in [3.63, 3.8) is 0 Å². The van der Waals surface area contributed by atoms with E-state index in [0.29, 0.717) is 0 Å². The molecule has 1 unspecified atom stereocenters. The van der Waals surface area contributed by atoms with Crippen LogP contribution in [0.1, 0.15) is 86.5 Å². The molecule has 7 aromatic rings. The number of hydrogen-bond donors (Lipinski definition) is 0. The van der Waals surface area contributed by atoms with Crippen LogP contribution < -0.4 is 0 Å². The smallest absolute Gasteiger partial charge is 0.0939 e. The minimum Gasteiger partial charge on any atom is -0.281 e. The number of benzene rings is 7. The molecule has 4 aliphatic rings. The zero-order valence-electron chi connectivity index (χ0n) is 33.0. The molecule has 0 bridgehead atoms. The summed E-state index contributed by atoms with van der Waals surface area (Å²) in [5.74, 6) is 0. The van der Waals surface area contributed by atoms with E-state index in [1.54, 1.807) is 0 Å². The average Bonchev–Trinajstić information content (AvgIpc) is 3.95. The molecule has 0 saturated carbocycles. The van der Waals surface area contributed by atoms with Gasteiger partial charge >= 0.3 is 0 Å². The number of aliphatic imine (C=N–C) groups is 1. The van der Waals surface area contributed by atoms with Crippen molar-refractivity contribution < 1.29 is 0 Å². The number of fused-ring (bicyclic) bond motifs is 9. The van der Waals surface area contributed by atoms with Crippen molar-refractivity contribution in [2.24, 2.45) is 4.99 Å². The molecule has 0 spiro atoms. The first-order chi connectivity index (χ1) is 27.0. The second-order valence-corrected chi connectivity index (χ2v) is 17.9. The molecular weight excluding hydrogens is 675 g/mol. The van der Waals surface area contributed by atoms with E-state index in [1.165, 1.54) is 106 Å². The van der Waals surface area contributed by atoms with Gasteiger partial charge in [-0.25, -0.2) is 0 Å². The Labute approximate surface area is 331 Å². The van der Waals surface area contributed by atoms with Crippen molar-refractivity contribution in [2.75, 3.05) is 0 Å². The third-order valence-electron chi connectivity index (χ3n) is 13.8. The Kier molecular flexibility index (Phi) is 6.84. The van der Waals surface area contributed by atoms with Gasteiger partial charge in [-0.1, -0.05) is 157 Å². The standard InChI is InChI=1S/C55H45N/c1-53(2)46-15-10-9-13-39(46)40-22-17-33(28-47(40)53)34-18-23-41-42-24-19-35(30-49(42)54(3,4)48(41)29-34)36-20-25-43-44-26-21-37(32-51(44)55(5,6)50(43)31-36)38-12-7-8-14-45(38)52-16-11-27-56-52/h7-32,52H,1-6H3. The Morgan fingerprint density at radius 3 is 1.16 bits per heavy atom. The van der Waals surface area contributed by atoms with Crippen molar-refractivity contribution in [3.8, 4) is 66.8 Å². The van der Waals surface area contributed by atoms with Crippen LogP contribution in [0.2, 0.25) is 0 Å². The predicted molar refractivity (Wildman–Crippen MR) is 236 cm³/mol. The lowest BCUT2D eigenvalue weighted by Crippen LogP contribution is -2.16. The number of nitrogens with zero attached hydrogens (tertiary/aromatic N) is 1. The van der Waals surface area contributed by atoms with Crippen LogP contribution in [-0.2, 0) is 16.2 Å². The summed E-state index contributed by atoms with van der Waals surface area (Å²) in [7, 11) is 0. The average molecular weight is 720 g/mol. The lowest BCUT2D eigenvalue weighted by molar-refractivity contribution is 0.659. The quantitative estimate of drug-likeness (QED) is 0.172. The number of hydrogen-bond acceptors (Lipinski definition) is 1. The first-order valence-electron chi connectivity index (χ1n) is 20.1. The van der Waals surface area contributed by atoms with Crippen molar-refractivity contribution in [3.05, 3.63) is 191 Å². The highest BCUT2D eigenvalue weighted by Crippen LogP contribution is 2.54. The third-order valence-corrected chi connectivity index (χ3v) is 13.8. The minimum absolute atomic E-state index is 0.0161. The zero-order chi connectivity index (χ0) is 38.1. The topological polar surface area (TPSA) is 12.4 Å². The summed E-state index contributed by atoms with van der Waals surface area (Å²) in [6.07, 6.45) is 6.14.